The first-order chi connectivity index (χ1) is 8.69. The third-order valence-corrected chi connectivity index (χ3v) is 2.77. The number of anilines is 1. The van der Waals surface area contributed by atoms with Gasteiger partial charge < -0.3 is 10.1 Å². The molecular formula is C14H13ClFNO. The highest BCUT2D eigenvalue weighted by molar-refractivity contribution is 6.30. The van der Waals surface area contributed by atoms with E-state index in [2.05, 4.69) is 5.32 Å². The number of halogens is 2. The molecule has 2 aromatic rings. The van der Waals surface area contributed by atoms with Crippen LogP contribution in [0.5, 0.6) is 5.75 Å². The van der Waals surface area contributed by atoms with Gasteiger partial charge in [0.15, 0.2) is 0 Å². The van der Waals surface area contributed by atoms with Crippen molar-refractivity contribution in [3.8, 4) is 5.75 Å². The van der Waals surface area contributed by atoms with Crippen LogP contribution in [0.1, 0.15) is 5.56 Å². The van der Waals surface area contributed by atoms with Gasteiger partial charge in [-0.05, 0) is 35.9 Å². The molecule has 0 heterocycles. The second kappa shape index (κ2) is 5.74. The van der Waals surface area contributed by atoms with Crippen molar-refractivity contribution < 1.29 is 9.13 Å². The van der Waals surface area contributed by atoms with Gasteiger partial charge in [-0.3, -0.25) is 0 Å². The second-order valence-corrected chi connectivity index (χ2v) is 4.26. The minimum Gasteiger partial charge on any atom is -0.495 e. The summed E-state index contributed by atoms with van der Waals surface area (Å²) in [6, 6.07) is 11.8. The van der Waals surface area contributed by atoms with Crippen molar-refractivity contribution in [2.45, 2.75) is 6.54 Å². The zero-order valence-electron chi connectivity index (χ0n) is 9.91. The lowest BCUT2D eigenvalue weighted by atomic mass is 10.2. The van der Waals surface area contributed by atoms with Crippen molar-refractivity contribution in [1.29, 1.82) is 0 Å². The quantitative estimate of drug-likeness (QED) is 0.899. The maximum atomic E-state index is 13.0. The van der Waals surface area contributed by atoms with Gasteiger partial charge in [0.2, 0.25) is 0 Å². The smallest absolute Gasteiger partial charge is 0.142 e. The second-order valence-electron chi connectivity index (χ2n) is 3.83. The van der Waals surface area contributed by atoms with Crippen LogP contribution in [0.4, 0.5) is 10.1 Å². The van der Waals surface area contributed by atoms with Crippen LogP contribution in [0.25, 0.3) is 0 Å². The molecule has 2 rings (SSSR count). The molecule has 0 bridgehead atoms. The van der Waals surface area contributed by atoms with Gasteiger partial charge in [0.25, 0.3) is 0 Å². The lowest BCUT2D eigenvalue weighted by Crippen LogP contribution is -2.01. The number of methoxy groups -OCH3 is 1. The molecular weight excluding hydrogens is 253 g/mol. The minimum absolute atomic E-state index is 0.243. The average Bonchev–Trinajstić information content (AvgIpc) is 2.37. The van der Waals surface area contributed by atoms with Crippen LogP contribution in [0.3, 0.4) is 0 Å². The summed E-state index contributed by atoms with van der Waals surface area (Å²) in [6.45, 7) is 0.508. The maximum absolute atomic E-state index is 13.0. The van der Waals surface area contributed by atoms with Crippen molar-refractivity contribution in [3.05, 3.63) is 58.9 Å². The molecule has 0 radical (unpaired) electrons. The van der Waals surface area contributed by atoms with Crippen LogP contribution in [-0.2, 0) is 6.54 Å². The van der Waals surface area contributed by atoms with Crippen LogP contribution in [0.15, 0.2) is 42.5 Å². The van der Waals surface area contributed by atoms with E-state index in [9.17, 15) is 4.39 Å². The van der Waals surface area contributed by atoms with Crippen molar-refractivity contribution in [2.75, 3.05) is 12.4 Å². The summed E-state index contributed by atoms with van der Waals surface area (Å²) in [6.07, 6.45) is 0. The first kappa shape index (κ1) is 12.7. The minimum atomic E-state index is -0.243. The van der Waals surface area contributed by atoms with Crippen LogP contribution in [0, 0.1) is 5.82 Å². The Morgan fingerprint density at radius 2 is 2.06 bits per heavy atom. The van der Waals surface area contributed by atoms with Gasteiger partial charge in [-0.2, -0.15) is 0 Å². The molecule has 0 amide bonds. The van der Waals surface area contributed by atoms with Gasteiger partial charge in [0.1, 0.15) is 11.6 Å². The van der Waals surface area contributed by atoms with E-state index in [0.29, 0.717) is 17.3 Å². The van der Waals surface area contributed by atoms with E-state index in [4.69, 9.17) is 16.3 Å². The summed E-state index contributed by atoms with van der Waals surface area (Å²) in [5, 5.41) is 3.80. The molecule has 0 fully saturated rings. The Bertz CT molecular complexity index is 545. The van der Waals surface area contributed by atoms with Crippen molar-refractivity contribution in [2.24, 2.45) is 0 Å². The Kier molecular flexibility index (Phi) is 4.05. The van der Waals surface area contributed by atoms with Crippen LogP contribution >= 0.6 is 11.6 Å². The fourth-order valence-corrected chi connectivity index (χ4v) is 1.83. The van der Waals surface area contributed by atoms with E-state index in [1.54, 1.807) is 31.4 Å². The average molecular weight is 266 g/mol. The molecule has 4 heteroatoms. The Balaban J connectivity index is 2.12. The summed E-state index contributed by atoms with van der Waals surface area (Å²) in [5.41, 5.74) is 1.64. The molecule has 2 nitrogen and oxygen atoms in total. The normalized spacial score (nSPS) is 10.2. The van der Waals surface area contributed by atoms with Gasteiger partial charge >= 0.3 is 0 Å². The standard InChI is InChI=1S/C14H13ClFNO/c1-18-14-6-5-11(15)8-13(14)17-9-10-3-2-4-12(16)7-10/h2-8,17H,9H2,1H3. The third kappa shape index (κ3) is 3.14. The molecule has 0 saturated carbocycles. The molecule has 2 aromatic carbocycles. The zero-order chi connectivity index (χ0) is 13.0. The summed E-state index contributed by atoms with van der Waals surface area (Å²) >= 11 is 5.93. The monoisotopic (exact) mass is 265 g/mol. The molecule has 0 aliphatic carbocycles. The van der Waals surface area contributed by atoms with E-state index >= 15 is 0 Å². The number of hydrogen-bond acceptors (Lipinski definition) is 2. The number of hydrogen-bond donors (Lipinski definition) is 1. The third-order valence-electron chi connectivity index (χ3n) is 2.53. The highest BCUT2D eigenvalue weighted by Crippen LogP contribution is 2.28. The lowest BCUT2D eigenvalue weighted by molar-refractivity contribution is 0.416. The summed E-state index contributed by atoms with van der Waals surface area (Å²) in [4.78, 5) is 0. The van der Waals surface area contributed by atoms with Gasteiger partial charge in [0.05, 0.1) is 12.8 Å². The molecule has 0 spiro atoms. The first-order valence-electron chi connectivity index (χ1n) is 5.51. The number of nitrogens with one attached hydrogen (secondary N) is 1. The van der Waals surface area contributed by atoms with Gasteiger partial charge in [-0.25, -0.2) is 4.39 Å². The van der Waals surface area contributed by atoms with E-state index in [-0.39, 0.29) is 5.82 Å². The molecule has 0 aromatic heterocycles. The molecule has 0 saturated heterocycles. The zero-order valence-corrected chi connectivity index (χ0v) is 10.7. The van der Waals surface area contributed by atoms with Crippen LogP contribution < -0.4 is 10.1 Å². The predicted octanol–water partition coefficient (Wildman–Crippen LogP) is 4.10. The predicted molar refractivity (Wildman–Crippen MR) is 71.7 cm³/mol. The first-order valence-corrected chi connectivity index (χ1v) is 5.88. The highest BCUT2D eigenvalue weighted by atomic mass is 35.5. The Labute approximate surface area is 110 Å². The number of benzene rings is 2. The Hall–Kier alpha value is -1.74. The number of ether oxygens (including phenoxy) is 1. The molecule has 0 atom stereocenters. The molecule has 0 aliphatic rings. The summed E-state index contributed by atoms with van der Waals surface area (Å²) in [5.74, 6) is 0.461. The molecule has 94 valence electrons. The van der Waals surface area contributed by atoms with E-state index in [1.165, 1.54) is 12.1 Å². The molecule has 0 unspecified atom stereocenters. The van der Waals surface area contributed by atoms with Crippen molar-refractivity contribution >= 4 is 17.3 Å². The van der Waals surface area contributed by atoms with Crippen LogP contribution in [-0.4, -0.2) is 7.11 Å². The maximum Gasteiger partial charge on any atom is 0.142 e. The fraction of sp³-hybridized carbons (Fsp3) is 0.143. The SMILES string of the molecule is COc1ccc(Cl)cc1NCc1cccc(F)c1. The van der Waals surface area contributed by atoms with E-state index in [0.717, 1.165) is 11.3 Å². The number of rotatable bonds is 4. The summed E-state index contributed by atoms with van der Waals surface area (Å²) in [7, 11) is 1.59. The van der Waals surface area contributed by atoms with E-state index < -0.39 is 0 Å². The largest absolute Gasteiger partial charge is 0.495 e. The Morgan fingerprint density at radius 3 is 2.78 bits per heavy atom. The lowest BCUT2D eigenvalue weighted by Gasteiger charge is -2.11. The van der Waals surface area contributed by atoms with Gasteiger partial charge in [-0.15, -0.1) is 0 Å². The van der Waals surface area contributed by atoms with Gasteiger partial charge in [0, 0.05) is 11.6 Å². The van der Waals surface area contributed by atoms with E-state index in [1.807, 2.05) is 6.07 Å². The Morgan fingerprint density at radius 1 is 1.22 bits per heavy atom. The van der Waals surface area contributed by atoms with Crippen molar-refractivity contribution in [3.63, 3.8) is 0 Å². The summed E-state index contributed by atoms with van der Waals surface area (Å²) < 4.78 is 18.2. The molecule has 1 N–H and O–H groups in total. The van der Waals surface area contributed by atoms with Gasteiger partial charge in [-0.1, -0.05) is 23.7 Å². The molecule has 18 heavy (non-hydrogen) atoms. The topological polar surface area (TPSA) is 21.3 Å². The van der Waals surface area contributed by atoms with Crippen LogP contribution in [0.2, 0.25) is 5.02 Å². The molecule has 0 aliphatic heterocycles. The fourth-order valence-electron chi connectivity index (χ4n) is 1.66. The van der Waals surface area contributed by atoms with Crippen molar-refractivity contribution in [1.82, 2.24) is 0 Å². The highest BCUT2D eigenvalue weighted by Gasteiger charge is 2.03.